The highest BCUT2D eigenvalue weighted by Gasteiger charge is 2.17. The van der Waals surface area contributed by atoms with E-state index in [0.29, 0.717) is 11.8 Å². The van der Waals surface area contributed by atoms with Gasteiger partial charge in [-0.2, -0.15) is 0 Å². The molecule has 2 N–H and O–H groups in total. The Morgan fingerprint density at radius 2 is 1.82 bits per heavy atom. The summed E-state index contributed by atoms with van der Waals surface area (Å²) in [7, 11) is 0. The second-order valence-corrected chi connectivity index (χ2v) is 4.32. The first-order chi connectivity index (χ1) is 10.4. The largest absolute Gasteiger partial charge is 0.360 e. The SMILES string of the molecule is Cc1cc(NC(=O)CC(=O)Nc2ccc(F)c(F)c2F)no1. The third-order valence-electron chi connectivity index (χ3n) is 2.53. The fourth-order valence-electron chi connectivity index (χ4n) is 1.58. The van der Waals surface area contributed by atoms with Crippen molar-refractivity contribution >= 4 is 23.3 Å². The third kappa shape index (κ3) is 3.62. The maximum Gasteiger partial charge on any atom is 0.235 e. The molecule has 1 aromatic heterocycles. The number of rotatable bonds is 4. The van der Waals surface area contributed by atoms with Gasteiger partial charge in [0, 0.05) is 6.07 Å². The molecule has 6 nitrogen and oxygen atoms in total. The van der Waals surface area contributed by atoms with E-state index in [9.17, 15) is 22.8 Å². The number of amides is 2. The highest BCUT2D eigenvalue weighted by atomic mass is 19.2. The molecule has 0 saturated heterocycles. The molecule has 1 heterocycles. The molecule has 0 atom stereocenters. The van der Waals surface area contributed by atoms with Gasteiger partial charge in [-0.25, -0.2) is 13.2 Å². The van der Waals surface area contributed by atoms with Crippen molar-refractivity contribution in [2.24, 2.45) is 0 Å². The first kappa shape index (κ1) is 15.5. The van der Waals surface area contributed by atoms with Gasteiger partial charge in [0.05, 0.1) is 5.69 Å². The first-order valence-corrected chi connectivity index (χ1v) is 6.03. The van der Waals surface area contributed by atoms with Crippen molar-refractivity contribution in [3.8, 4) is 0 Å². The summed E-state index contributed by atoms with van der Waals surface area (Å²) in [6.45, 7) is 1.61. The minimum atomic E-state index is -1.71. The van der Waals surface area contributed by atoms with Crippen LogP contribution in [0.5, 0.6) is 0 Å². The minimum absolute atomic E-state index is 0.120. The molecule has 22 heavy (non-hydrogen) atoms. The summed E-state index contributed by atoms with van der Waals surface area (Å²) < 4.78 is 43.8. The number of nitrogens with zero attached hydrogens (tertiary/aromatic N) is 1. The molecule has 0 fully saturated rings. The molecule has 1 aromatic carbocycles. The number of aryl methyl sites for hydroxylation is 1. The Morgan fingerprint density at radius 1 is 1.14 bits per heavy atom. The smallest absolute Gasteiger partial charge is 0.235 e. The van der Waals surface area contributed by atoms with Gasteiger partial charge < -0.3 is 15.2 Å². The normalized spacial score (nSPS) is 10.4. The van der Waals surface area contributed by atoms with E-state index < -0.39 is 41.4 Å². The standard InChI is InChI=1S/C13H10F3N3O3/c1-6-4-9(19-22-6)18-11(21)5-10(20)17-8-3-2-7(14)12(15)13(8)16/h2-4H,5H2,1H3,(H,17,20)(H,18,19,21). The Morgan fingerprint density at radius 3 is 2.45 bits per heavy atom. The molecule has 0 bridgehead atoms. The molecule has 0 spiro atoms. The second kappa shape index (κ2) is 6.29. The van der Waals surface area contributed by atoms with E-state index >= 15 is 0 Å². The topological polar surface area (TPSA) is 84.2 Å². The maximum atomic E-state index is 13.4. The van der Waals surface area contributed by atoms with Gasteiger partial charge in [-0.15, -0.1) is 0 Å². The lowest BCUT2D eigenvalue weighted by atomic mass is 10.2. The predicted molar refractivity (Wildman–Crippen MR) is 69.4 cm³/mol. The molecule has 0 aliphatic heterocycles. The number of hydrogen-bond acceptors (Lipinski definition) is 4. The summed E-state index contributed by atoms with van der Waals surface area (Å²) in [6.07, 6.45) is -0.662. The van der Waals surface area contributed by atoms with Crippen molar-refractivity contribution in [3.05, 3.63) is 41.4 Å². The van der Waals surface area contributed by atoms with Gasteiger partial charge in [-0.05, 0) is 19.1 Å². The quantitative estimate of drug-likeness (QED) is 0.670. The number of nitrogens with one attached hydrogen (secondary N) is 2. The van der Waals surface area contributed by atoms with Gasteiger partial charge >= 0.3 is 0 Å². The highest BCUT2D eigenvalue weighted by Crippen LogP contribution is 2.19. The number of benzene rings is 1. The third-order valence-corrected chi connectivity index (χ3v) is 2.53. The fourth-order valence-corrected chi connectivity index (χ4v) is 1.58. The summed E-state index contributed by atoms with van der Waals surface area (Å²) in [4.78, 5) is 23.1. The molecule has 0 aliphatic rings. The van der Waals surface area contributed by atoms with Crippen molar-refractivity contribution < 1.29 is 27.3 Å². The van der Waals surface area contributed by atoms with Crippen molar-refractivity contribution in [2.75, 3.05) is 10.6 Å². The lowest BCUT2D eigenvalue weighted by molar-refractivity contribution is -0.123. The van der Waals surface area contributed by atoms with Gasteiger partial charge in [0.15, 0.2) is 23.3 Å². The van der Waals surface area contributed by atoms with E-state index in [0.717, 1.165) is 6.07 Å². The van der Waals surface area contributed by atoms with Crippen LogP contribution in [0.25, 0.3) is 0 Å². The summed E-state index contributed by atoms with van der Waals surface area (Å²) >= 11 is 0. The number of carbonyl (C=O) groups is 2. The number of anilines is 2. The number of aromatic nitrogens is 1. The first-order valence-electron chi connectivity index (χ1n) is 6.03. The van der Waals surface area contributed by atoms with Gasteiger partial charge in [-0.3, -0.25) is 9.59 Å². The van der Waals surface area contributed by atoms with Crippen LogP contribution in [-0.2, 0) is 9.59 Å². The van der Waals surface area contributed by atoms with Crippen molar-refractivity contribution in [1.82, 2.24) is 5.16 Å². The van der Waals surface area contributed by atoms with E-state index in [1.807, 2.05) is 5.32 Å². The fraction of sp³-hybridized carbons (Fsp3) is 0.154. The van der Waals surface area contributed by atoms with E-state index in [4.69, 9.17) is 4.52 Å². The minimum Gasteiger partial charge on any atom is -0.360 e. The van der Waals surface area contributed by atoms with Crippen LogP contribution in [0, 0.1) is 24.4 Å². The molecular formula is C13H10F3N3O3. The summed E-state index contributed by atoms with van der Waals surface area (Å²) in [5.74, 6) is -5.68. The Labute approximate surface area is 122 Å². The van der Waals surface area contributed by atoms with Crippen molar-refractivity contribution in [1.29, 1.82) is 0 Å². The number of hydrogen-bond donors (Lipinski definition) is 2. The molecule has 0 aliphatic carbocycles. The van der Waals surface area contributed by atoms with Crippen molar-refractivity contribution in [3.63, 3.8) is 0 Å². The summed E-state index contributed by atoms with van der Waals surface area (Å²) in [5.41, 5.74) is -0.561. The van der Waals surface area contributed by atoms with E-state index in [1.54, 1.807) is 6.92 Å². The average molecular weight is 313 g/mol. The Kier molecular flexibility index (Phi) is 4.44. The molecular weight excluding hydrogens is 303 g/mol. The van der Waals surface area contributed by atoms with Crippen LogP contribution in [0.4, 0.5) is 24.7 Å². The van der Waals surface area contributed by atoms with Crippen LogP contribution in [-0.4, -0.2) is 17.0 Å². The van der Waals surface area contributed by atoms with Gasteiger partial charge in [0.25, 0.3) is 0 Å². The molecule has 2 aromatic rings. The number of halogens is 3. The monoisotopic (exact) mass is 313 g/mol. The van der Waals surface area contributed by atoms with E-state index in [2.05, 4.69) is 10.5 Å². The Hall–Kier alpha value is -2.84. The average Bonchev–Trinajstić information content (AvgIpc) is 2.84. The maximum absolute atomic E-state index is 13.4. The highest BCUT2D eigenvalue weighted by molar-refractivity contribution is 6.07. The van der Waals surface area contributed by atoms with Crippen LogP contribution < -0.4 is 10.6 Å². The van der Waals surface area contributed by atoms with E-state index in [-0.39, 0.29) is 5.82 Å². The zero-order valence-corrected chi connectivity index (χ0v) is 11.2. The zero-order valence-electron chi connectivity index (χ0n) is 11.2. The van der Waals surface area contributed by atoms with Crippen LogP contribution in [0.1, 0.15) is 12.2 Å². The van der Waals surface area contributed by atoms with Gasteiger partial charge in [0.1, 0.15) is 12.2 Å². The van der Waals surface area contributed by atoms with Crippen LogP contribution in [0.3, 0.4) is 0 Å². The Balaban J connectivity index is 1.95. The molecule has 116 valence electrons. The molecule has 9 heteroatoms. The van der Waals surface area contributed by atoms with Gasteiger partial charge in [0.2, 0.25) is 11.8 Å². The van der Waals surface area contributed by atoms with Crippen molar-refractivity contribution in [2.45, 2.75) is 13.3 Å². The predicted octanol–water partition coefficient (Wildman–Crippen LogP) is 2.37. The molecule has 2 rings (SSSR count). The van der Waals surface area contributed by atoms with Crippen LogP contribution >= 0.6 is 0 Å². The van der Waals surface area contributed by atoms with E-state index in [1.165, 1.54) is 6.07 Å². The summed E-state index contributed by atoms with van der Waals surface area (Å²) in [6, 6.07) is 2.95. The molecule has 0 unspecified atom stereocenters. The van der Waals surface area contributed by atoms with Gasteiger partial charge in [-0.1, -0.05) is 5.16 Å². The lowest BCUT2D eigenvalue weighted by Crippen LogP contribution is -2.22. The zero-order chi connectivity index (χ0) is 16.3. The molecule has 2 amide bonds. The lowest BCUT2D eigenvalue weighted by Gasteiger charge is -2.07. The second-order valence-electron chi connectivity index (χ2n) is 4.32. The van der Waals surface area contributed by atoms with Crippen LogP contribution in [0.15, 0.2) is 22.7 Å². The van der Waals surface area contributed by atoms with Crippen LogP contribution in [0.2, 0.25) is 0 Å². The summed E-state index contributed by atoms with van der Waals surface area (Å²) in [5, 5.41) is 7.75. The molecule has 0 radical (unpaired) electrons. The Bertz CT molecular complexity index is 731. The number of carbonyl (C=O) groups excluding carboxylic acids is 2. The molecule has 0 saturated carbocycles.